The van der Waals surface area contributed by atoms with Crippen molar-refractivity contribution in [1.29, 1.82) is 0 Å². The van der Waals surface area contributed by atoms with Crippen LogP contribution < -0.4 is 10.5 Å². The third-order valence-corrected chi connectivity index (χ3v) is 5.25. The summed E-state index contributed by atoms with van der Waals surface area (Å²) in [5, 5.41) is 1.05. The van der Waals surface area contributed by atoms with Crippen LogP contribution in [0.2, 0.25) is 5.02 Å². The Bertz CT molecular complexity index is 1090. The first kappa shape index (κ1) is 18.5. The highest BCUT2D eigenvalue weighted by atomic mass is 35.5. The number of fused-ring (bicyclic) bond motifs is 1. The van der Waals surface area contributed by atoms with Crippen molar-refractivity contribution < 1.29 is 9.53 Å². The topological polar surface area (TPSA) is 64.4 Å². The highest BCUT2D eigenvalue weighted by Gasteiger charge is 2.21. The third kappa shape index (κ3) is 3.36. The number of ether oxygens (including phenoxy) is 1. The summed E-state index contributed by atoms with van der Waals surface area (Å²) in [4.78, 5) is 32.2. The zero-order valence-corrected chi connectivity index (χ0v) is 16.3. The Morgan fingerprint density at radius 1 is 1.07 bits per heavy atom. The smallest absolute Gasteiger partial charge is 0.337 e. The van der Waals surface area contributed by atoms with Crippen molar-refractivity contribution >= 4 is 34.4 Å². The van der Waals surface area contributed by atoms with Crippen molar-refractivity contribution in [2.75, 3.05) is 25.1 Å². The monoisotopic (exact) mass is 397 g/mol. The van der Waals surface area contributed by atoms with Gasteiger partial charge in [-0.05, 0) is 61.7 Å². The van der Waals surface area contributed by atoms with Crippen molar-refractivity contribution in [3.63, 3.8) is 0 Å². The number of carbonyl (C=O) groups is 1. The van der Waals surface area contributed by atoms with Gasteiger partial charge < -0.3 is 9.64 Å². The first-order valence-corrected chi connectivity index (χ1v) is 9.62. The van der Waals surface area contributed by atoms with Gasteiger partial charge in [0.2, 0.25) is 5.95 Å². The second-order valence-corrected chi connectivity index (χ2v) is 7.24. The maximum atomic E-state index is 13.4. The fraction of sp³-hybridized carbons (Fsp3) is 0.286. The van der Waals surface area contributed by atoms with Gasteiger partial charge in [0.15, 0.2) is 0 Å². The SMILES string of the molecule is COC(=O)c1ccc2c(=O)n(-c3ccc(Cl)cc3)c(N3CCCCC3)nc2c1. The maximum absolute atomic E-state index is 13.4. The van der Waals surface area contributed by atoms with Crippen molar-refractivity contribution in [3.8, 4) is 5.69 Å². The molecule has 1 fully saturated rings. The fourth-order valence-corrected chi connectivity index (χ4v) is 3.67. The summed E-state index contributed by atoms with van der Waals surface area (Å²) < 4.78 is 6.42. The quantitative estimate of drug-likeness (QED) is 0.629. The van der Waals surface area contributed by atoms with Gasteiger partial charge in [0, 0.05) is 18.1 Å². The number of carbonyl (C=O) groups excluding carboxylic acids is 1. The van der Waals surface area contributed by atoms with E-state index in [1.165, 1.54) is 13.5 Å². The second kappa shape index (κ2) is 7.64. The van der Waals surface area contributed by atoms with Crippen LogP contribution in [0, 0.1) is 0 Å². The summed E-state index contributed by atoms with van der Waals surface area (Å²) in [5.41, 5.74) is 1.39. The summed E-state index contributed by atoms with van der Waals surface area (Å²) in [5.74, 6) is 0.131. The minimum atomic E-state index is -0.454. The number of methoxy groups -OCH3 is 1. The molecule has 28 heavy (non-hydrogen) atoms. The molecule has 0 saturated carbocycles. The zero-order chi connectivity index (χ0) is 19.7. The Hall–Kier alpha value is -2.86. The van der Waals surface area contributed by atoms with Gasteiger partial charge in [0.05, 0.1) is 29.3 Å². The van der Waals surface area contributed by atoms with Gasteiger partial charge in [-0.1, -0.05) is 11.6 Å². The van der Waals surface area contributed by atoms with E-state index in [4.69, 9.17) is 21.3 Å². The molecule has 4 rings (SSSR count). The number of halogens is 1. The Kier molecular flexibility index (Phi) is 5.05. The molecule has 1 aliphatic heterocycles. The van der Waals surface area contributed by atoms with Gasteiger partial charge in [-0.3, -0.25) is 4.79 Å². The van der Waals surface area contributed by atoms with Gasteiger partial charge in [0.25, 0.3) is 5.56 Å². The lowest BCUT2D eigenvalue weighted by atomic mass is 10.1. The van der Waals surface area contributed by atoms with E-state index in [1.807, 2.05) is 12.1 Å². The van der Waals surface area contributed by atoms with E-state index in [2.05, 4.69) is 4.90 Å². The van der Waals surface area contributed by atoms with Crippen LogP contribution >= 0.6 is 11.6 Å². The molecule has 6 nitrogen and oxygen atoms in total. The van der Waals surface area contributed by atoms with Crippen LogP contribution in [0.1, 0.15) is 29.6 Å². The Balaban J connectivity index is 1.97. The molecule has 0 aliphatic carbocycles. The molecule has 2 heterocycles. The summed E-state index contributed by atoms with van der Waals surface area (Å²) in [6, 6.07) is 12.0. The molecule has 1 saturated heterocycles. The van der Waals surface area contributed by atoms with Crippen LogP contribution in [-0.4, -0.2) is 35.7 Å². The van der Waals surface area contributed by atoms with Crippen LogP contribution in [0.15, 0.2) is 47.3 Å². The minimum absolute atomic E-state index is 0.177. The van der Waals surface area contributed by atoms with Gasteiger partial charge >= 0.3 is 5.97 Å². The fourth-order valence-electron chi connectivity index (χ4n) is 3.55. The largest absolute Gasteiger partial charge is 0.465 e. The highest BCUT2D eigenvalue weighted by Crippen LogP contribution is 2.24. The number of rotatable bonds is 3. The molecule has 0 N–H and O–H groups in total. The highest BCUT2D eigenvalue weighted by molar-refractivity contribution is 6.30. The summed E-state index contributed by atoms with van der Waals surface area (Å²) in [7, 11) is 1.33. The molecule has 3 aromatic rings. The molecule has 0 spiro atoms. The third-order valence-electron chi connectivity index (χ3n) is 5.00. The van der Waals surface area contributed by atoms with Crippen LogP contribution in [0.25, 0.3) is 16.6 Å². The van der Waals surface area contributed by atoms with Crippen LogP contribution in [-0.2, 0) is 4.74 Å². The lowest BCUT2D eigenvalue weighted by Gasteiger charge is -2.30. The molecule has 7 heteroatoms. The van der Waals surface area contributed by atoms with E-state index in [0.29, 0.717) is 33.1 Å². The summed E-state index contributed by atoms with van der Waals surface area (Å²) in [6.45, 7) is 1.67. The lowest BCUT2D eigenvalue weighted by Crippen LogP contribution is -2.36. The van der Waals surface area contributed by atoms with Gasteiger partial charge in [-0.25, -0.2) is 14.3 Å². The summed E-state index contributed by atoms with van der Waals surface area (Å²) in [6.07, 6.45) is 3.27. The van der Waals surface area contributed by atoms with E-state index < -0.39 is 5.97 Å². The molecule has 0 amide bonds. The minimum Gasteiger partial charge on any atom is -0.465 e. The first-order valence-electron chi connectivity index (χ1n) is 9.24. The maximum Gasteiger partial charge on any atom is 0.337 e. The first-order chi connectivity index (χ1) is 13.6. The molecule has 0 unspecified atom stereocenters. The number of esters is 1. The van der Waals surface area contributed by atoms with Crippen LogP contribution in [0.4, 0.5) is 5.95 Å². The number of aromatic nitrogens is 2. The molecule has 1 aliphatic rings. The van der Waals surface area contributed by atoms with Crippen molar-refractivity contribution in [3.05, 3.63) is 63.4 Å². The number of hydrogen-bond acceptors (Lipinski definition) is 5. The van der Waals surface area contributed by atoms with Gasteiger partial charge in [-0.15, -0.1) is 0 Å². The molecule has 1 aromatic heterocycles. The van der Waals surface area contributed by atoms with E-state index in [0.717, 1.165) is 25.9 Å². The van der Waals surface area contributed by atoms with Crippen molar-refractivity contribution in [1.82, 2.24) is 9.55 Å². The molecule has 0 atom stereocenters. The molecule has 2 aromatic carbocycles. The van der Waals surface area contributed by atoms with E-state index in [1.54, 1.807) is 34.9 Å². The normalized spacial score (nSPS) is 14.3. The Morgan fingerprint density at radius 3 is 2.46 bits per heavy atom. The molecular weight excluding hydrogens is 378 g/mol. The average molecular weight is 398 g/mol. The lowest BCUT2D eigenvalue weighted by molar-refractivity contribution is 0.0601. The van der Waals surface area contributed by atoms with Crippen molar-refractivity contribution in [2.45, 2.75) is 19.3 Å². The summed E-state index contributed by atoms with van der Waals surface area (Å²) >= 11 is 6.03. The Morgan fingerprint density at radius 2 is 1.79 bits per heavy atom. The van der Waals surface area contributed by atoms with E-state index >= 15 is 0 Å². The second-order valence-electron chi connectivity index (χ2n) is 6.80. The van der Waals surface area contributed by atoms with Gasteiger partial charge in [-0.2, -0.15) is 0 Å². The number of benzene rings is 2. The number of piperidine rings is 1. The van der Waals surface area contributed by atoms with Crippen molar-refractivity contribution in [2.24, 2.45) is 0 Å². The molecule has 0 bridgehead atoms. The molecular formula is C21H20ClN3O3. The predicted molar refractivity (Wildman–Crippen MR) is 110 cm³/mol. The van der Waals surface area contributed by atoms with E-state index in [9.17, 15) is 9.59 Å². The van der Waals surface area contributed by atoms with Gasteiger partial charge in [0.1, 0.15) is 0 Å². The number of anilines is 1. The molecule has 0 radical (unpaired) electrons. The standard InChI is InChI=1S/C21H20ClN3O3/c1-28-20(27)14-5-10-17-18(13-14)23-21(24-11-3-2-4-12-24)25(19(17)26)16-8-6-15(22)7-9-16/h5-10,13H,2-4,11-12H2,1H3. The Labute approximate surface area is 167 Å². The average Bonchev–Trinajstić information content (AvgIpc) is 2.74. The number of hydrogen-bond donors (Lipinski definition) is 0. The zero-order valence-electron chi connectivity index (χ0n) is 15.5. The van der Waals surface area contributed by atoms with E-state index in [-0.39, 0.29) is 5.56 Å². The molecule has 144 valence electrons. The predicted octanol–water partition coefficient (Wildman–Crippen LogP) is 3.82. The number of nitrogens with zero attached hydrogens (tertiary/aromatic N) is 3. The van der Waals surface area contributed by atoms with Crippen LogP contribution in [0.3, 0.4) is 0 Å². The van der Waals surface area contributed by atoms with Crippen LogP contribution in [0.5, 0.6) is 0 Å².